The topological polar surface area (TPSA) is 24.9 Å². The number of benzene rings is 1. The number of nitrogens with one attached hydrogen (secondary N) is 1. The molecule has 0 radical (unpaired) electrons. The van der Waals surface area contributed by atoms with Crippen molar-refractivity contribution in [3.05, 3.63) is 35.5 Å². The Morgan fingerprint density at radius 2 is 1.90 bits per heavy atom. The van der Waals surface area contributed by atoms with E-state index in [0.717, 1.165) is 21.6 Å². The lowest BCUT2D eigenvalue weighted by Crippen LogP contribution is -2.37. The van der Waals surface area contributed by atoms with E-state index in [1.807, 2.05) is 12.1 Å². The molecule has 1 aliphatic rings. The molecule has 1 saturated carbocycles. The van der Waals surface area contributed by atoms with Crippen LogP contribution in [0.3, 0.4) is 0 Å². The van der Waals surface area contributed by atoms with Crippen molar-refractivity contribution in [2.75, 3.05) is 5.32 Å². The second-order valence-corrected chi connectivity index (χ2v) is 6.46. The highest BCUT2D eigenvalue weighted by atomic mass is 35.5. The minimum Gasteiger partial charge on any atom is -0.381 e. The van der Waals surface area contributed by atoms with Gasteiger partial charge in [-0.05, 0) is 48.9 Å². The number of halogens is 1. The summed E-state index contributed by atoms with van der Waals surface area (Å²) in [5.74, 6) is 1.42. The zero-order chi connectivity index (χ0) is 14.1. The molecule has 0 bridgehead atoms. The first-order chi connectivity index (χ1) is 9.66. The maximum atomic E-state index is 6.24. The standard InChI is InChI=1S/C17H21ClN2/c1-11-5-3-6-12(2)16(11)20-15-9-8-14(18)17-13(15)7-4-10-19-17/h4,7-12,16,20H,3,5-6H2,1-2H3. The smallest absolute Gasteiger partial charge is 0.0908 e. The molecule has 0 spiro atoms. The van der Waals surface area contributed by atoms with Crippen LogP contribution in [0.1, 0.15) is 33.1 Å². The highest BCUT2D eigenvalue weighted by molar-refractivity contribution is 6.35. The van der Waals surface area contributed by atoms with E-state index in [4.69, 9.17) is 11.6 Å². The molecule has 1 aromatic carbocycles. The minimum absolute atomic E-state index is 0.535. The van der Waals surface area contributed by atoms with Gasteiger partial charge in [0.1, 0.15) is 0 Å². The Bertz CT molecular complexity index is 601. The third-order valence-electron chi connectivity index (χ3n) is 4.59. The van der Waals surface area contributed by atoms with Crippen LogP contribution >= 0.6 is 11.6 Å². The van der Waals surface area contributed by atoms with Gasteiger partial charge in [-0.2, -0.15) is 0 Å². The molecule has 0 saturated heterocycles. The van der Waals surface area contributed by atoms with E-state index in [9.17, 15) is 0 Å². The quantitative estimate of drug-likeness (QED) is 0.829. The molecule has 2 atom stereocenters. The van der Waals surface area contributed by atoms with E-state index in [1.165, 1.54) is 19.3 Å². The third kappa shape index (κ3) is 2.49. The van der Waals surface area contributed by atoms with Crippen LogP contribution < -0.4 is 5.32 Å². The molecular weight excluding hydrogens is 268 g/mol. The highest BCUT2D eigenvalue weighted by Gasteiger charge is 2.27. The van der Waals surface area contributed by atoms with Gasteiger partial charge in [0.25, 0.3) is 0 Å². The van der Waals surface area contributed by atoms with Crippen molar-refractivity contribution in [1.82, 2.24) is 4.98 Å². The monoisotopic (exact) mass is 288 g/mol. The first-order valence-electron chi connectivity index (χ1n) is 7.46. The maximum absolute atomic E-state index is 6.24. The van der Waals surface area contributed by atoms with Crippen molar-refractivity contribution in [2.24, 2.45) is 11.8 Å². The Morgan fingerprint density at radius 3 is 2.65 bits per heavy atom. The lowest BCUT2D eigenvalue weighted by Gasteiger charge is -2.36. The summed E-state index contributed by atoms with van der Waals surface area (Å²) in [6.45, 7) is 4.70. The van der Waals surface area contributed by atoms with Crippen molar-refractivity contribution in [3.63, 3.8) is 0 Å². The van der Waals surface area contributed by atoms with Gasteiger partial charge in [0.15, 0.2) is 0 Å². The van der Waals surface area contributed by atoms with E-state index < -0.39 is 0 Å². The number of hydrogen-bond acceptors (Lipinski definition) is 2. The fourth-order valence-corrected chi connectivity index (χ4v) is 3.62. The fraction of sp³-hybridized carbons (Fsp3) is 0.471. The zero-order valence-electron chi connectivity index (χ0n) is 12.1. The predicted octanol–water partition coefficient (Wildman–Crippen LogP) is 5.12. The molecule has 2 aromatic rings. The van der Waals surface area contributed by atoms with E-state index >= 15 is 0 Å². The van der Waals surface area contributed by atoms with Crippen molar-refractivity contribution < 1.29 is 0 Å². The SMILES string of the molecule is CC1CCCC(C)C1Nc1ccc(Cl)c2ncccc12. The van der Waals surface area contributed by atoms with E-state index in [1.54, 1.807) is 6.20 Å². The van der Waals surface area contributed by atoms with Crippen molar-refractivity contribution in [3.8, 4) is 0 Å². The van der Waals surface area contributed by atoms with Crippen LogP contribution in [-0.4, -0.2) is 11.0 Å². The first kappa shape index (κ1) is 13.7. The number of rotatable bonds is 2. The van der Waals surface area contributed by atoms with E-state index in [0.29, 0.717) is 17.9 Å². The largest absolute Gasteiger partial charge is 0.381 e. The van der Waals surface area contributed by atoms with Crippen LogP contribution in [0.4, 0.5) is 5.69 Å². The Labute approximate surface area is 125 Å². The van der Waals surface area contributed by atoms with Gasteiger partial charge in [-0.3, -0.25) is 4.98 Å². The van der Waals surface area contributed by atoms with Crippen molar-refractivity contribution in [2.45, 2.75) is 39.2 Å². The van der Waals surface area contributed by atoms with E-state index in [2.05, 4.69) is 36.3 Å². The summed E-state index contributed by atoms with van der Waals surface area (Å²) >= 11 is 6.24. The highest BCUT2D eigenvalue weighted by Crippen LogP contribution is 2.34. The Hall–Kier alpha value is -1.28. The molecule has 3 heteroatoms. The fourth-order valence-electron chi connectivity index (χ4n) is 3.41. The second kappa shape index (κ2) is 5.61. The number of nitrogens with zero attached hydrogens (tertiary/aromatic N) is 1. The number of aromatic nitrogens is 1. The summed E-state index contributed by atoms with van der Waals surface area (Å²) in [6.07, 6.45) is 5.77. The van der Waals surface area contributed by atoms with Gasteiger partial charge in [-0.25, -0.2) is 0 Å². The molecule has 2 unspecified atom stereocenters. The molecule has 1 fully saturated rings. The van der Waals surface area contributed by atoms with Gasteiger partial charge in [-0.1, -0.05) is 31.9 Å². The Kier molecular flexibility index (Phi) is 3.84. The lowest BCUT2D eigenvalue weighted by atomic mass is 9.78. The zero-order valence-corrected chi connectivity index (χ0v) is 12.8. The van der Waals surface area contributed by atoms with Gasteiger partial charge >= 0.3 is 0 Å². The Morgan fingerprint density at radius 1 is 1.15 bits per heavy atom. The van der Waals surface area contributed by atoms with Gasteiger partial charge in [0.05, 0.1) is 10.5 Å². The van der Waals surface area contributed by atoms with Crippen LogP contribution in [0, 0.1) is 11.8 Å². The average Bonchev–Trinajstić information content (AvgIpc) is 2.46. The van der Waals surface area contributed by atoms with Crippen LogP contribution in [0.15, 0.2) is 30.5 Å². The number of anilines is 1. The van der Waals surface area contributed by atoms with Crippen LogP contribution in [0.2, 0.25) is 5.02 Å². The summed E-state index contributed by atoms with van der Waals surface area (Å²) < 4.78 is 0. The summed E-state index contributed by atoms with van der Waals surface area (Å²) in [4.78, 5) is 4.40. The van der Waals surface area contributed by atoms with E-state index in [-0.39, 0.29) is 0 Å². The third-order valence-corrected chi connectivity index (χ3v) is 4.89. The van der Waals surface area contributed by atoms with Gasteiger partial charge in [0, 0.05) is 23.3 Å². The maximum Gasteiger partial charge on any atom is 0.0908 e. The van der Waals surface area contributed by atoms with Gasteiger partial charge < -0.3 is 5.32 Å². The first-order valence-corrected chi connectivity index (χ1v) is 7.84. The molecule has 1 aromatic heterocycles. The minimum atomic E-state index is 0.535. The van der Waals surface area contributed by atoms with Crippen LogP contribution in [-0.2, 0) is 0 Å². The molecule has 106 valence electrons. The molecule has 20 heavy (non-hydrogen) atoms. The molecular formula is C17H21ClN2. The van der Waals surface area contributed by atoms with Gasteiger partial charge in [0.2, 0.25) is 0 Å². The number of pyridine rings is 1. The second-order valence-electron chi connectivity index (χ2n) is 6.05. The average molecular weight is 289 g/mol. The molecule has 0 aliphatic heterocycles. The molecule has 0 amide bonds. The number of fused-ring (bicyclic) bond motifs is 1. The normalized spacial score (nSPS) is 26.6. The van der Waals surface area contributed by atoms with Crippen molar-refractivity contribution in [1.29, 1.82) is 0 Å². The summed E-state index contributed by atoms with van der Waals surface area (Å²) in [5.41, 5.74) is 2.04. The lowest BCUT2D eigenvalue weighted by molar-refractivity contribution is 0.268. The molecule has 1 aliphatic carbocycles. The predicted molar refractivity (Wildman–Crippen MR) is 86.3 cm³/mol. The van der Waals surface area contributed by atoms with Crippen LogP contribution in [0.5, 0.6) is 0 Å². The summed E-state index contributed by atoms with van der Waals surface area (Å²) in [5, 5.41) is 5.59. The van der Waals surface area contributed by atoms with Gasteiger partial charge in [-0.15, -0.1) is 0 Å². The molecule has 1 N–H and O–H groups in total. The van der Waals surface area contributed by atoms with Crippen LogP contribution in [0.25, 0.3) is 10.9 Å². The molecule has 1 heterocycles. The van der Waals surface area contributed by atoms with Crippen molar-refractivity contribution >= 4 is 28.2 Å². The molecule has 3 rings (SSSR count). The number of hydrogen-bond donors (Lipinski definition) is 1. The molecule has 2 nitrogen and oxygen atoms in total. The summed E-state index contributed by atoms with van der Waals surface area (Å²) in [7, 11) is 0. The Balaban J connectivity index is 1.96. The summed E-state index contributed by atoms with van der Waals surface area (Å²) in [6, 6.07) is 8.62.